The molecule has 0 bridgehead atoms. The van der Waals surface area contributed by atoms with E-state index >= 15 is 0 Å². The summed E-state index contributed by atoms with van der Waals surface area (Å²) in [6.07, 6.45) is 10.7. The van der Waals surface area contributed by atoms with Crippen LogP contribution in [-0.4, -0.2) is 18.8 Å². The fourth-order valence-corrected chi connectivity index (χ4v) is 2.79. The maximum Gasteiger partial charge on any atom is 0.0702 e. The zero-order valence-electron chi connectivity index (χ0n) is 17.3. The number of benzene rings is 1. The van der Waals surface area contributed by atoms with Crippen molar-refractivity contribution in [2.24, 2.45) is 16.3 Å². The molecule has 1 aliphatic rings. The Morgan fingerprint density at radius 2 is 2.12 bits per heavy atom. The molecule has 0 aliphatic carbocycles. The second-order valence-corrected chi connectivity index (χ2v) is 7.76. The highest BCUT2D eigenvalue weighted by atomic mass is 14.9. The Morgan fingerprint density at radius 1 is 1.42 bits per heavy atom. The first-order chi connectivity index (χ1) is 12.2. The van der Waals surface area contributed by atoms with Gasteiger partial charge < -0.3 is 5.32 Å². The number of hydrogen-bond donors (Lipinski definition) is 1. The van der Waals surface area contributed by atoms with E-state index in [-0.39, 0.29) is 0 Å². The van der Waals surface area contributed by atoms with E-state index in [0.29, 0.717) is 5.41 Å². The number of aryl methyl sites for hydroxylation is 1. The summed E-state index contributed by atoms with van der Waals surface area (Å²) in [7, 11) is 0. The summed E-state index contributed by atoms with van der Waals surface area (Å²) < 4.78 is 0. The Kier molecular flexibility index (Phi) is 8.55. The van der Waals surface area contributed by atoms with Gasteiger partial charge in [0.05, 0.1) is 5.71 Å². The summed E-state index contributed by atoms with van der Waals surface area (Å²) in [5.41, 5.74) is 5.22. The van der Waals surface area contributed by atoms with Gasteiger partial charge in [0.15, 0.2) is 0 Å². The van der Waals surface area contributed by atoms with Crippen molar-refractivity contribution in [3.8, 4) is 12.3 Å². The average Bonchev–Trinajstić information content (AvgIpc) is 2.58. The average molecular weight is 351 g/mol. The summed E-state index contributed by atoms with van der Waals surface area (Å²) in [5, 5.41) is 3.41. The van der Waals surface area contributed by atoms with Gasteiger partial charge in [-0.2, -0.15) is 0 Å². The van der Waals surface area contributed by atoms with E-state index in [9.17, 15) is 0 Å². The minimum atomic E-state index is 0.526. The molecule has 140 valence electrons. The fourth-order valence-electron chi connectivity index (χ4n) is 2.79. The first-order valence-electron chi connectivity index (χ1n) is 9.36. The lowest BCUT2D eigenvalue weighted by atomic mass is 9.76. The molecule has 1 unspecified atom stereocenters. The van der Waals surface area contributed by atoms with Gasteiger partial charge in [-0.15, -0.1) is 6.42 Å². The molecule has 26 heavy (non-hydrogen) atoms. The van der Waals surface area contributed by atoms with Crippen LogP contribution in [0.2, 0.25) is 0 Å². The highest BCUT2D eigenvalue weighted by molar-refractivity contribution is 6.09. The topological polar surface area (TPSA) is 24.4 Å². The summed E-state index contributed by atoms with van der Waals surface area (Å²) in [6, 6.07) is 6.02. The van der Waals surface area contributed by atoms with Crippen molar-refractivity contribution in [1.82, 2.24) is 5.32 Å². The van der Waals surface area contributed by atoms with Crippen LogP contribution in [0.3, 0.4) is 0 Å². The smallest absolute Gasteiger partial charge is 0.0702 e. The van der Waals surface area contributed by atoms with Crippen molar-refractivity contribution in [2.45, 2.75) is 48.0 Å². The molecule has 1 aliphatic heterocycles. The summed E-state index contributed by atoms with van der Waals surface area (Å²) in [6.45, 7) is 19.1. The van der Waals surface area contributed by atoms with E-state index in [1.807, 2.05) is 51.1 Å². The van der Waals surface area contributed by atoms with Crippen molar-refractivity contribution in [2.75, 3.05) is 13.1 Å². The Hall–Kier alpha value is -2.11. The lowest BCUT2D eigenvalue weighted by Crippen LogP contribution is -2.41. The third-order valence-corrected chi connectivity index (χ3v) is 4.99. The zero-order valence-corrected chi connectivity index (χ0v) is 17.3. The van der Waals surface area contributed by atoms with Gasteiger partial charge in [0.1, 0.15) is 0 Å². The molecule has 0 spiro atoms. The van der Waals surface area contributed by atoms with Crippen molar-refractivity contribution in [3.63, 3.8) is 0 Å². The summed E-state index contributed by atoms with van der Waals surface area (Å²) in [4.78, 5) is 4.41. The van der Waals surface area contributed by atoms with Crippen LogP contribution in [0.5, 0.6) is 0 Å². The molecule has 1 heterocycles. The Labute approximate surface area is 160 Å². The number of piperidine rings is 1. The summed E-state index contributed by atoms with van der Waals surface area (Å²) in [5.74, 6) is 3.57. The van der Waals surface area contributed by atoms with Gasteiger partial charge in [-0.3, -0.25) is 4.99 Å². The number of aliphatic imine (C=N–C) groups is 1. The van der Waals surface area contributed by atoms with E-state index in [2.05, 4.69) is 43.6 Å². The van der Waals surface area contributed by atoms with Gasteiger partial charge in [-0.1, -0.05) is 51.5 Å². The van der Waals surface area contributed by atoms with Crippen LogP contribution in [0.4, 0.5) is 0 Å². The predicted molar refractivity (Wildman–Crippen MR) is 116 cm³/mol. The number of terminal acetylenes is 1. The second kappa shape index (κ2) is 10.1. The van der Waals surface area contributed by atoms with Crippen LogP contribution < -0.4 is 5.32 Å². The predicted octanol–water partition coefficient (Wildman–Crippen LogP) is 5.52. The molecule has 1 aromatic carbocycles. The number of nitrogens with one attached hydrogen (secondary N) is 1. The molecule has 2 rings (SSSR count). The Morgan fingerprint density at radius 3 is 2.58 bits per heavy atom. The highest BCUT2D eigenvalue weighted by Gasteiger charge is 2.27. The molecule has 1 atom stereocenters. The molecule has 0 amide bonds. The number of allylic oxidation sites excluding steroid dienone is 3. The van der Waals surface area contributed by atoms with Crippen molar-refractivity contribution < 1.29 is 0 Å². The van der Waals surface area contributed by atoms with Crippen LogP contribution in [0.1, 0.15) is 57.7 Å². The molecule has 1 saturated heterocycles. The van der Waals surface area contributed by atoms with Crippen molar-refractivity contribution in [1.29, 1.82) is 0 Å². The van der Waals surface area contributed by atoms with Crippen LogP contribution in [0.15, 0.2) is 47.6 Å². The van der Waals surface area contributed by atoms with Gasteiger partial charge in [0, 0.05) is 23.4 Å². The van der Waals surface area contributed by atoms with Gasteiger partial charge >= 0.3 is 0 Å². The van der Waals surface area contributed by atoms with Gasteiger partial charge in [-0.05, 0) is 62.8 Å². The standard InChI is InChI=1S/C16H17N.C8H17N/c1-6-8-16(17-12(3)4)15-10-9-13(5)14(7-2)11-15;1-7-4-5-9-6-8(7,2)3/h2,6,8-11H,3H2,1,4-5H3;7,9H,4-6H2,1-3H3/b8-6-,17-16?;. The van der Waals surface area contributed by atoms with E-state index in [0.717, 1.165) is 34.0 Å². The first-order valence-corrected chi connectivity index (χ1v) is 9.36. The molecule has 2 heteroatoms. The zero-order chi connectivity index (χ0) is 19.7. The number of nitrogens with zero attached hydrogens (tertiary/aromatic N) is 1. The SMILES string of the molecule is C#Cc1cc(C(/C=C\C)=NC(=C)C)ccc1C.CC1CCNCC1(C)C. The monoisotopic (exact) mass is 350 g/mol. The molecule has 1 fully saturated rings. The molecule has 0 saturated carbocycles. The molecule has 2 nitrogen and oxygen atoms in total. The second-order valence-electron chi connectivity index (χ2n) is 7.76. The third kappa shape index (κ3) is 6.65. The van der Waals surface area contributed by atoms with Crippen molar-refractivity contribution in [3.05, 3.63) is 59.3 Å². The first kappa shape index (κ1) is 21.9. The minimum Gasteiger partial charge on any atom is -0.316 e. The van der Waals surface area contributed by atoms with E-state index < -0.39 is 0 Å². The van der Waals surface area contributed by atoms with Gasteiger partial charge in [-0.25, -0.2) is 0 Å². The maximum absolute atomic E-state index is 5.47. The van der Waals surface area contributed by atoms with Gasteiger partial charge in [0.2, 0.25) is 0 Å². The molecular formula is C24H34N2. The van der Waals surface area contributed by atoms with Gasteiger partial charge in [0.25, 0.3) is 0 Å². The fraction of sp³-hybridized carbons (Fsp3) is 0.458. The van der Waals surface area contributed by atoms with Crippen molar-refractivity contribution >= 4 is 5.71 Å². The van der Waals surface area contributed by atoms with E-state index in [1.54, 1.807) is 0 Å². The normalized spacial score (nSPS) is 19.4. The molecule has 1 aromatic rings. The number of hydrogen-bond acceptors (Lipinski definition) is 2. The lowest BCUT2D eigenvalue weighted by Gasteiger charge is -2.36. The lowest BCUT2D eigenvalue weighted by molar-refractivity contribution is 0.172. The third-order valence-electron chi connectivity index (χ3n) is 4.99. The molecule has 1 N–H and O–H groups in total. The maximum atomic E-state index is 5.47. The summed E-state index contributed by atoms with van der Waals surface area (Å²) >= 11 is 0. The van der Waals surface area contributed by atoms with Crippen LogP contribution in [-0.2, 0) is 0 Å². The van der Waals surface area contributed by atoms with Crippen LogP contribution >= 0.6 is 0 Å². The van der Waals surface area contributed by atoms with Crippen LogP contribution in [0.25, 0.3) is 0 Å². The molecule has 0 radical (unpaired) electrons. The highest BCUT2D eigenvalue weighted by Crippen LogP contribution is 2.30. The molecular weight excluding hydrogens is 316 g/mol. The van der Waals surface area contributed by atoms with Crippen LogP contribution in [0, 0.1) is 30.6 Å². The Balaban J connectivity index is 0.000000314. The van der Waals surface area contributed by atoms with E-state index in [1.165, 1.54) is 19.5 Å². The molecule has 0 aromatic heterocycles. The van der Waals surface area contributed by atoms with E-state index in [4.69, 9.17) is 6.42 Å². The number of rotatable bonds is 3. The Bertz CT molecular complexity index is 714. The largest absolute Gasteiger partial charge is 0.316 e. The quantitative estimate of drug-likeness (QED) is 0.563. The minimum absolute atomic E-state index is 0.526.